The third-order valence-electron chi connectivity index (χ3n) is 6.57. The first-order valence-electron chi connectivity index (χ1n) is 13.2. The number of anilines is 1. The summed E-state index contributed by atoms with van der Waals surface area (Å²) in [4.78, 5) is 38.8. The number of ketones is 1. The first-order valence-corrected chi connectivity index (χ1v) is 13.6. The largest absolute Gasteiger partial charge is 0.484 e. The predicted octanol–water partition coefficient (Wildman–Crippen LogP) is 7.78. The van der Waals surface area contributed by atoms with Crippen molar-refractivity contribution in [2.75, 3.05) is 11.9 Å². The van der Waals surface area contributed by atoms with Crippen LogP contribution in [0.5, 0.6) is 17.2 Å². The van der Waals surface area contributed by atoms with Crippen molar-refractivity contribution in [3.63, 3.8) is 0 Å². The van der Waals surface area contributed by atoms with Crippen molar-refractivity contribution in [2.45, 2.75) is 26.2 Å². The first-order chi connectivity index (χ1) is 20.1. The Labute approximate surface area is 247 Å². The molecule has 0 saturated carbocycles. The highest BCUT2D eigenvalue weighted by atomic mass is 35.5. The van der Waals surface area contributed by atoms with Gasteiger partial charge in [-0.2, -0.15) is 0 Å². The zero-order valence-corrected chi connectivity index (χ0v) is 24.0. The van der Waals surface area contributed by atoms with Crippen LogP contribution < -0.4 is 20.2 Å². The van der Waals surface area contributed by atoms with E-state index in [0.29, 0.717) is 33.2 Å². The lowest BCUT2D eigenvalue weighted by Crippen LogP contribution is -2.21. The van der Waals surface area contributed by atoms with Gasteiger partial charge in [0.25, 0.3) is 5.91 Å². The van der Waals surface area contributed by atoms with Gasteiger partial charge in [0.15, 0.2) is 12.4 Å². The van der Waals surface area contributed by atoms with Gasteiger partial charge in [0.1, 0.15) is 23.3 Å². The molecule has 42 heavy (non-hydrogen) atoms. The molecule has 0 unspecified atom stereocenters. The highest BCUT2D eigenvalue weighted by molar-refractivity contribution is 6.31. The van der Waals surface area contributed by atoms with Gasteiger partial charge >= 0.3 is 0 Å². The van der Waals surface area contributed by atoms with Gasteiger partial charge in [0, 0.05) is 22.2 Å². The lowest BCUT2D eigenvalue weighted by atomic mass is 9.87. The molecule has 0 saturated heterocycles. The van der Waals surface area contributed by atoms with Crippen LogP contribution in [0.4, 0.5) is 5.69 Å². The van der Waals surface area contributed by atoms with Crippen LogP contribution in [0.3, 0.4) is 0 Å². The van der Waals surface area contributed by atoms with Crippen molar-refractivity contribution >= 4 is 39.9 Å². The second kappa shape index (κ2) is 11.9. The van der Waals surface area contributed by atoms with Gasteiger partial charge in [-0.05, 0) is 53.4 Å². The molecule has 212 valence electrons. The van der Waals surface area contributed by atoms with Crippen LogP contribution in [0.1, 0.15) is 42.3 Å². The lowest BCUT2D eigenvalue weighted by Gasteiger charge is -2.19. The molecular formula is C34H28ClNO6. The number of nitrogens with one attached hydrogen (secondary N) is 1. The minimum absolute atomic E-state index is 0.00115. The predicted molar refractivity (Wildman–Crippen MR) is 163 cm³/mol. The van der Waals surface area contributed by atoms with E-state index >= 15 is 0 Å². The molecule has 0 atom stereocenters. The summed E-state index contributed by atoms with van der Waals surface area (Å²) in [5, 5.41) is 3.39. The molecule has 7 nitrogen and oxygen atoms in total. The van der Waals surface area contributed by atoms with Crippen molar-refractivity contribution in [2.24, 2.45) is 0 Å². The van der Waals surface area contributed by atoms with Crippen LogP contribution in [0.2, 0.25) is 5.02 Å². The summed E-state index contributed by atoms with van der Waals surface area (Å²) in [7, 11) is 0. The summed E-state index contributed by atoms with van der Waals surface area (Å²) in [5.41, 5.74) is 2.14. The Morgan fingerprint density at radius 3 is 2.31 bits per heavy atom. The van der Waals surface area contributed by atoms with Crippen molar-refractivity contribution in [1.82, 2.24) is 0 Å². The Morgan fingerprint density at radius 1 is 0.881 bits per heavy atom. The van der Waals surface area contributed by atoms with Crippen LogP contribution in [-0.4, -0.2) is 18.3 Å². The van der Waals surface area contributed by atoms with E-state index in [2.05, 4.69) is 26.1 Å². The maximum Gasteiger partial charge on any atom is 0.262 e. The van der Waals surface area contributed by atoms with E-state index in [1.807, 2.05) is 30.3 Å². The molecule has 0 aliphatic heterocycles. The number of rotatable bonds is 8. The van der Waals surface area contributed by atoms with E-state index < -0.39 is 5.91 Å². The van der Waals surface area contributed by atoms with E-state index in [1.54, 1.807) is 48.5 Å². The third kappa shape index (κ3) is 6.53. The number of hydrogen-bond donors (Lipinski definition) is 1. The number of ether oxygens (including phenoxy) is 2. The Kier molecular flexibility index (Phi) is 8.13. The molecule has 1 aromatic heterocycles. The summed E-state index contributed by atoms with van der Waals surface area (Å²) in [6, 6.07) is 25.6. The first kappa shape index (κ1) is 28.6. The fourth-order valence-electron chi connectivity index (χ4n) is 4.29. The van der Waals surface area contributed by atoms with Gasteiger partial charge in [-0.1, -0.05) is 74.8 Å². The summed E-state index contributed by atoms with van der Waals surface area (Å²) >= 11 is 6.13. The Hall–Kier alpha value is -4.88. The zero-order chi connectivity index (χ0) is 29.9. The van der Waals surface area contributed by atoms with Gasteiger partial charge in [-0.3, -0.25) is 14.4 Å². The molecule has 0 fully saturated rings. The number of carbonyl (C=O) groups excluding carboxylic acids is 2. The fourth-order valence-corrected chi connectivity index (χ4v) is 4.47. The van der Waals surface area contributed by atoms with Gasteiger partial charge in [-0.25, -0.2) is 0 Å². The minimum Gasteiger partial charge on any atom is -0.484 e. The number of fused-ring (bicyclic) bond motifs is 1. The molecule has 1 heterocycles. The molecule has 8 heteroatoms. The van der Waals surface area contributed by atoms with Crippen LogP contribution in [0, 0.1) is 0 Å². The number of amides is 1. The number of benzene rings is 4. The Bertz CT molecular complexity index is 1820. The Balaban J connectivity index is 1.26. The molecule has 0 aliphatic rings. The molecule has 0 bridgehead atoms. The van der Waals surface area contributed by atoms with Crippen LogP contribution in [-0.2, 0) is 10.2 Å². The second-order valence-corrected chi connectivity index (χ2v) is 11.1. The van der Waals surface area contributed by atoms with E-state index in [0.717, 1.165) is 5.56 Å². The third-order valence-corrected chi connectivity index (χ3v) is 6.80. The number of halogens is 1. The molecule has 0 radical (unpaired) electrons. The summed E-state index contributed by atoms with van der Waals surface area (Å²) < 4.78 is 17.1. The van der Waals surface area contributed by atoms with E-state index in [9.17, 15) is 14.4 Å². The van der Waals surface area contributed by atoms with Crippen molar-refractivity contribution in [1.29, 1.82) is 0 Å². The summed E-state index contributed by atoms with van der Waals surface area (Å²) in [6.45, 7) is 6.02. The highest BCUT2D eigenvalue weighted by Gasteiger charge is 2.17. The van der Waals surface area contributed by atoms with E-state index in [4.69, 9.17) is 25.5 Å². The minimum atomic E-state index is -0.484. The van der Waals surface area contributed by atoms with Gasteiger partial charge < -0.3 is 19.2 Å². The zero-order valence-electron chi connectivity index (χ0n) is 23.3. The maximum absolute atomic E-state index is 13.0. The van der Waals surface area contributed by atoms with Gasteiger partial charge in [0.2, 0.25) is 11.2 Å². The molecule has 0 aliphatic carbocycles. The van der Waals surface area contributed by atoms with Crippen LogP contribution in [0.25, 0.3) is 11.0 Å². The van der Waals surface area contributed by atoms with Crippen LogP contribution in [0.15, 0.2) is 106 Å². The molecule has 0 spiro atoms. The van der Waals surface area contributed by atoms with Crippen LogP contribution >= 0.6 is 11.6 Å². The smallest absolute Gasteiger partial charge is 0.262 e. The van der Waals surface area contributed by atoms with Gasteiger partial charge in [0.05, 0.1) is 11.1 Å². The molecule has 5 rings (SSSR count). The lowest BCUT2D eigenvalue weighted by molar-refractivity contribution is -0.118. The second-order valence-electron chi connectivity index (χ2n) is 10.7. The molecule has 5 aromatic rings. The molecule has 1 N–H and O–H groups in total. The Morgan fingerprint density at radius 2 is 1.60 bits per heavy atom. The quantitative estimate of drug-likeness (QED) is 0.188. The average Bonchev–Trinajstić information content (AvgIpc) is 2.98. The van der Waals surface area contributed by atoms with Crippen molar-refractivity contribution in [3.8, 4) is 17.2 Å². The fraction of sp³-hybridized carbons (Fsp3) is 0.147. The normalized spacial score (nSPS) is 11.2. The monoisotopic (exact) mass is 581 g/mol. The molecule has 1 amide bonds. The van der Waals surface area contributed by atoms with E-state index in [1.165, 1.54) is 18.4 Å². The standard InChI is InChI=1S/C34H28ClNO6/c1-34(2,3)22-9-12-24(13-10-22)42-30-19-41-29-18-25(14-15-26(29)33(30)39)40-20-31(37)36-28-16-11-23(35)17-27(28)32(38)21-7-5-4-6-8-21/h4-19H,20H2,1-3H3,(H,36,37). The summed E-state index contributed by atoms with van der Waals surface area (Å²) in [6.07, 6.45) is 1.25. The summed E-state index contributed by atoms with van der Waals surface area (Å²) in [5.74, 6) is 0.146. The average molecular weight is 582 g/mol. The SMILES string of the molecule is CC(C)(C)c1ccc(Oc2coc3cc(OCC(=O)Nc4ccc(Cl)cc4C(=O)c4ccccc4)ccc3c2=O)cc1. The van der Waals surface area contributed by atoms with Gasteiger partial charge in [-0.15, -0.1) is 0 Å². The number of hydrogen-bond acceptors (Lipinski definition) is 6. The number of carbonyl (C=O) groups is 2. The molecule has 4 aromatic carbocycles. The van der Waals surface area contributed by atoms with Crippen molar-refractivity contribution in [3.05, 3.63) is 129 Å². The van der Waals surface area contributed by atoms with Crippen molar-refractivity contribution < 1.29 is 23.5 Å². The highest BCUT2D eigenvalue weighted by Crippen LogP contribution is 2.28. The van der Waals surface area contributed by atoms with E-state index in [-0.39, 0.29) is 40.1 Å². The maximum atomic E-state index is 13.0. The topological polar surface area (TPSA) is 94.8 Å². The molecular weight excluding hydrogens is 554 g/mol.